The van der Waals surface area contributed by atoms with Crippen LogP contribution < -0.4 is 20.7 Å². The Balaban J connectivity index is 2.22. The zero-order valence-electron chi connectivity index (χ0n) is 14.0. The number of ether oxygens (including phenoxy) is 1. The summed E-state index contributed by atoms with van der Waals surface area (Å²) in [7, 11) is 3.03. The Morgan fingerprint density at radius 1 is 1.42 bits per heavy atom. The van der Waals surface area contributed by atoms with Crippen LogP contribution in [0.25, 0.3) is 0 Å². The predicted molar refractivity (Wildman–Crippen MR) is 90.9 cm³/mol. The highest BCUT2D eigenvalue weighted by Crippen LogP contribution is 2.28. The van der Waals surface area contributed by atoms with Crippen molar-refractivity contribution in [3.63, 3.8) is 0 Å². The van der Waals surface area contributed by atoms with E-state index in [1.54, 1.807) is 7.05 Å². The van der Waals surface area contributed by atoms with Crippen molar-refractivity contribution >= 4 is 23.4 Å². The van der Waals surface area contributed by atoms with Crippen LogP contribution in [0.15, 0.2) is 24.4 Å². The molecule has 2 rings (SSSR count). The third-order valence-corrected chi connectivity index (χ3v) is 3.27. The quantitative estimate of drug-likeness (QED) is 0.692. The molecule has 0 aliphatic heterocycles. The van der Waals surface area contributed by atoms with Gasteiger partial charge < -0.3 is 20.7 Å². The number of carbonyl (C=O) groups excluding carboxylic acids is 1. The lowest BCUT2D eigenvalue weighted by Crippen LogP contribution is -2.28. The van der Waals surface area contributed by atoms with Gasteiger partial charge in [-0.2, -0.15) is 10.2 Å². The molecule has 0 atom stereocenters. The van der Waals surface area contributed by atoms with Crippen LogP contribution in [0.4, 0.5) is 26.2 Å². The highest BCUT2D eigenvalue weighted by Gasteiger charge is 2.13. The number of rotatable bonds is 7. The normalized spacial score (nSPS) is 10.2. The molecule has 10 heteroatoms. The molecule has 0 aliphatic rings. The second-order valence-corrected chi connectivity index (χ2v) is 4.96. The molecule has 0 bridgehead atoms. The van der Waals surface area contributed by atoms with E-state index in [1.807, 2.05) is 6.07 Å². The number of anilines is 3. The molecule has 0 saturated carbocycles. The van der Waals surface area contributed by atoms with Gasteiger partial charge in [-0.05, 0) is 18.2 Å². The van der Waals surface area contributed by atoms with Gasteiger partial charge in [0.1, 0.15) is 23.2 Å². The van der Waals surface area contributed by atoms with Gasteiger partial charge in [0.2, 0.25) is 5.95 Å². The van der Waals surface area contributed by atoms with Crippen LogP contribution in [0.5, 0.6) is 5.75 Å². The minimum atomic E-state index is -2.63. The highest BCUT2D eigenvalue weighted by molar-refractivity contribution is 5.95. The number of nitriles is 1. The van der Waals surface area contributed by atoms with Crippen LogP contribution >= 0.6 is 0 Å². The third kappa shape index (κ3) is 4.54. The first-order chi connectivity index (χ1) is 12.5. The zero-order valence-corrected chi connectivity index (χ0v) is 14.0. The van der Waals surface area contributed by atoms with Crippen LogP contribution in [0.1, 0.15) is 15.9 Å². The van der Waals surface area contributed by atoms with Crippen LogP contribution in [-0.2, 0) is 0 Å². The summed E-state index contributed by atoms with van der Waals surface area (Å²) in [5.41, 5.74) is 0.922. The molecule has 0 saturated heterocycles. The van der Waals surface area contributed by atoms with Gasteiger partial charge in [0, 0.05) is 12.6 Å². The van der Waals surface area contributed by atoms with E-state index in [1.165, 1.54) is 31.5 Å². The molecule has 136 valence electrons. The fraction of sp³-hybridized carbons (Fsp3) is 0.250. The Kier molecular flexibility index (Phi) is 6.21. The molecule has 1 amide bonds. The molecule has 0 spiro atoms. The minimum Gasteiger partial charge on any atom is -0.495 e. The Morgan fingerprint density at radius 2 is 2.19 bits per heavy atom. The smallest absolute Gasteiger partial charge is 0.255 e. The van der Waals surface area contributed by atoms with Crippen molar-refractivity contribution in [2.45, 2.75) is 6.43 Å². The Bertz CT molecular complexity index is 838. The topological polar surface area (TPSA) is 112 Å². The second kappa shape index (κ2) is 8.57. The standard InChI is InChI=1S/C16H16F2N6O2/c1-20-14-10(6-19)7-22-16(24-14)23-11-4-3-9(5-12(11)26-2)15(25)21-8-13(17)18/h3-5,7,13H,8H2,1-2H3,(H,21,25)(H2,20,22,23,24). The summed E-state index contributed by atoms with van der Waals surface area (Å²) >= 11 is 0. The van der Waals surface area contributed by atoms with E-state index in [0.717, 1.165) is 0 Å². The van der Waals surface area contributed by atoms with Gasteiger partial charge >= 0.3 is 0 Å². The van der Waals surface area contributed by atoms with E-state index >= 15 is 0 Å². The molecular weight excluding hydrogens is 346 g/mol. The van der Waals surface area contributed by atoms with Gasteiger partial charge in [-0.3, -0.25) is 4.79 Å². The molecule has 1 aromatic carbocycles. The predicted octanol–water partition coefficient (Wildman–Crippen LogP) is 2.14. The van der Waals surface area contributed by atoms with Crippen molar-refractivity contribution in [1.29, 1.82) is 5.26 Å². The molecule has 8 nitrogen and oxygen atoms in total. The summed E-state index contributed by atoms with van der Waals surface area (Å²) < 4.78 is 29.6. The van der Waals surface area contributed by atoms with Crippen molar-refractivity contribution in [2.75, 3.05) is 31.3 Å². The number of amides is 1. The van der Waals surface area contributed by atoms with Crippen molar-refractivity contribution < 1.29 is 18.3 Å². The largest absolute Gasteiger partial charge is 0.495 e. The number of nitrogens with one attached hydrogen (secondary N) is 3. The fourth-order valence-electron chi connectivity index (χ4n) is 2.04. The maximum atomic E-state index is 12.2. The maximum Gasteiger partial charge on any atom is 0.255 e. The number of aromatic nitrogens is 2. The Morgan fingerprint density at radius 3 is 2.81 bits per heavy atom. The zero-order chi connectivity index (χ0) is 19.1. The fourth-order valence-corrected chi connectivity index (χ4v) is 2.04. The van der Waals surface area contributed by atoms with Gasteiger partial charge in [0.25, 0.3) is 12.3 Å². The molecule has 0 aliphatic carbocycles. The van der Waals surface area contributed by atoms with E-state index in [9.17, 15) is 13.6 Å². The van der Waals surface area contributed by atoms with E-state index in [4.69, 9.17) is 10.00 Å². The molecule has 1 heterocycles. The first-order valence-electron chi connectivity index (χ1n) is 7.44. The SMILES string of the molecule is CNc1nc(Nc2ccc(C(=O)NCC(F)F)cc2OC)ncc1C#N. The van der Waals surface area contributed by atoms with E-state index in [0.29, 0.717) is 17.3 Å². The van der Waals surface area contributed by atoms with Gasteiger partial charge in [-0.1, -0.05) is 0 Å². The molecule has 0 radical (unpaired) electrons. The number of methoxy groups -OCH3 is 1. The number of hydrogen-bond donors (Lipinski definition) is 3. The second-order valence-electron chi connectivity index (χ2n) is 4.96. The van der Waals surface area contributed by atoms with Crippen molar-refractivity contribution in [3.05, 3.63) is 35.5 Å². The van der Waals surface area contributed by atoms with Crippen molar-refractivity contribution in [2.24, 2.45) is 0 Å². The van der Waals surface area contributed by atoms with E-state index in [2.05, 4.69) is 25.9 Å². The number of benzene rings is 1. The molecule has 0 fully saturated rings. The molecule has 0 unspecified atom stereocenters. The lowest BCUT2D eigenvalue weighted by Gasteiger charge is -2.13. The summed E-state index contributed by atoms with van der Waals surface area (Å²) in [5, 5.41) is 16.8. The molecule has 3 N–H and O–H groups in total. The lowest BCUT2D eigenvalue weighted by molar-refractivity contribution is 0.0891. The molecular formula is C16H16F2N6O2. The van der Waals surface area contributed by atoms with Crippen LogP contribution in [-0.4, -0.2) is 43.0 Å². The number of carbonyl (C=O) groups is 1. The molecule has 1 aromatic heterocycles. The summed E-state index contributed by atoms with van der Waals surface area (Å²) in [6, 6.07) is 6.36. The highest BCUT2D eigenvalue weighted by atomic mass is 19.3. The minimum absolute atomic E-state index is 0.171. The van der Waals surface area contributed by atoms with Gasteiger partial charge in [-0.25, -0.2) is 13.8 Å². The van der Waals surface area contributed by atoms with Crippen molar-refractivity contribution in [1.82, 2.24) is 15.3 Å². The maximum absolute atomic E-state index is 12.2. The third-order valence-electron chi connectivity index (χ3n) is 3.27. The van der Waals surface area contributed by atoms with Gasteiger partial charge in [-0.15, -0.1) is 0 Å². The summed E-state index contributed by atoms with van der Waals surface area (Å²) in [4.78, 5) is 20.1. The van der Waals surface area contributed by atoms with Crippen molar-refractivity contribution in [3.8, 4) is 11.8 Å². The van der Waals surface area contributed by atoms with E-state index in [-0.39, 0.29) is 17.1 Å². The molecule has 26 heavy (non-hydrogen) atoms. The summed E-state index contributed by atoms with van der Waals surface area (Å²) in [6.07, 6.45) is -1.27. The average Bonchev–Trinajstić information content (AvgIpc) is 2.66. The Labute approximate surface area is 148 Å². The van der Waals surface area contributed by atoms with Gasteiger partial charge in [0.05, 0.1) is 25.5 Å². The summed E-state index contributed by atoms with van der Waals surface area (Å²) in [6.45, 7) is -0.729. The number of nitrogens with zero attached hydrogens (tertiary/aromatic N) is 3. The monoisotopic (exact) mass is 362 g/mol. The Hall–Kier alpha value is -3.48. The average molecular weight is 362 g/mol. The van der Waals surface area contributed by atoms with Gasteiger partial charge in [0.15, 0.2) is 0 Å². The van der Waals surface area contributed by atoms with Crippen LogP contribution in [0, 0.1) is 11.3 Å². The molecule has 2 aromatic rings. The summed E-state index contributed by atoms with van der Waals surface area (Å²) in [5.74, 6) is 0.226. The lowest BCUT2D eigenvalue weighted by atomic mass is 10.1. The number of halogens is 2. The van der Waals surface area contributed by atoms with Crippen LogP contribution in [0.2, 0.25) is 0 Å². The number of hydrogen-bond acceptors (Lipinski definition) is 7. The van der Waals surface area contributed by atoms with E-state index < -0.39 is 18.9 Å². The first kappa shape index (κ1) is 18.9. The van der Waals surface area contributed by atoms with Crippen LogP contribution in [0.3, 0.4) is 0 Å². The number of alkyl halides is 2. The first-order valence-corrected chi connectivity index (χ1v) is 7.44.